The van der Waals surface area contributed by atoms with Crippen molar-refractivity contribution in [3.05, 3.63) is 49.1 Å². The normalized spacial score (nSPS) is 9.17. The van der Waals surface area contributed by atoms with Gasteiger partial charge in [0.2, 0.25) is 0 Å². The number of nitrogen functional groups attached to an aromatic ring is 1. The van der Waals surface area contributed by atoms with Crippen molar-refractivity contribution in [2.75, 3.05) is 5.73 Å². The Morgan fingerprint density at radius 1 is 1.17 bits per heavy atom. The van der Waals surface area contributed by atoms with Gasteiger partial charge in [-0.3, -0.25) is 0 Å². The third-order valence-electron chi connectivity index (χ3n) is 2.14. The summed E-state index contributed by atoms with van der Waals surface area (Å²) in [4.78, 5) is 0. The van der Waals surface area contributed by atoms with Crippen molar-refractivity contribution in [2.45, 2.75) is 13.3 Å². The number of phenols is 1. The Labute approximate surface area is 107 Å². The first kappa shape index (κ1) is 13.7. The van der Waals surface area contributed by atoms with Crippen LogP contribution in [0.3, 0.4) is 0 Å². The molecule has 0 bridgehead atoms. The number of hydrogen-bond acceptors (Lipinski definition) is 4. The van der Waals surface area contributed by atoms with Crippen LogP contribution in [0.5, 0.6) is 5.75 Å². The summed E-state index contributed by atoms with van der Waals surface area (Å²) in [5.41, 5.74) is 7.05. The van der Waals surface area contributed by atoms with Crippen LogP contribution >= 0.6 is 0 Å². The fourth-order valence-corrected chi connectivity index (χ4v) is 1.13. The van der Waals surface area contributed by atoms with E-state index in [1.165, 1.54) is 0 Å². The lowest BCUT2D eigenvalue weighted by atomic mass is 10.1. The highest BCUT2D eigenvalue weighted by Gasteiger charge is 1.99. The lowest BCUT2D eigenvalue weighted by Gasteiger charge is -1.99. The molecule has 1 aromatic heterocycles. The Bertz CT molecular complexity index is 434. The SMILES string of the molecule is C=CCC.Nc1ccc(-c2ccc(O)cc2)nn1. The first-order valence-corrected chi connectivity index (χ1v) is 5.67. The second kappa shape index (κ2) is 7.06. The average Bonchev–Trinajstić information content (AvgIpc) is 2.41. The van der Waals surface area contributed by atoms with Crippen molar-refractivity contribution in [2.24, 2.45) is 0 Å². The van der Waals surface area contributed by atoms with E-state index in [0.29, 0.717) is 5.82 Å². The first-order valence-electron chi connectivity index (χ1n) is 5.67. The van der Waals surface area contributed by atoms with Crippen LogP contribution in [-0.4, -0.2) is 15.3 Å². The van der Waals surface area contributed by atoms with E-state index in [2.05, 4.69) is 23.7 Å². The van der Waals surface area contributed by atoms with E-state index < -0.39 is 0 Å². The smallest absolute Gasteiger partial charge is 0.146 e. The number of anilines is 1. The number of phenolic OH excluding ortho intramolecular Hbond substituents is 1. The molecule has 4 nitrogen and oxygen atoms in total. The van der Waals surface area contributed by atoms with Crippen molar-refractivity contribution < 1.29 is 5.11 Å². The summed E-state index contributed by atoms with van der Waals surface area (Å²) >= 11 is 0. The first-order chi connectivity index (χ1) is 8.67. The molecule has 0 aliphatic heterocycles. The molecule has 3 N–H and O–H groups in total. The van der Waals surface area contributed by atoms with Gasteiger partial charge in [-0.1, -0.05) is 13.0 Å². The van der Waals surface area contributed by atoms with Gasteiger partial charge in [0, 0.05) is 5.56 Å². The van der Waals surface area contributed by atoms with E-state index in [4.69, 9.17) is 10.8 Å². The minimum Gasteiger partial charge on any atom is -0.508 e. The third kappa shape index (κ3) is 4.25. The number of aromatic nitrogens is 2. The molecule has 0 atom stereocenters. The predicted octanol–water partition coefficient (Wildman–Crippen LogP) is 3.01. The highest BCUT2D eigenvalue weighted by atomic mass is 16.3. The highest BCUT2D eigenvalue weighted by molar-refractivity contribution is 5.60. The van der Waals surface area contributed by atoms with Crippen molar-refractivity contribution in [3.8, 4) is 17.0 Å². The number of hydrogen-bond donors (Lipinski definition) is 2. The van der Waals surface area contributed by atoms with Gasteiger partial charge in [0.25, 0.3) is 0 Å². The van der Waals surface area contributed by atoms with Crippen LogP contribution in [-0.2, 0) is 0 Å². The monoisotopic (exact) mass is 243 g/mol. The summed E-state index contributed by atoms with van der Waals surface area (Å²) in [5.74, 6) is 0.629. The molecule has 94 valence electrons. The average molecular weight is 243 g/mol. The maximum atomic E-state index is 9.09. The van der Waals surface area contributed by atoms with Gasteiger partial charge in [-0.15, -0.1) is 16.8 Å². The number of aromatic hydroxyl groups is 1. The molecule has 2 rings (SSSR count). The minimum atomic E-state index is 0.233. The largest absolute Gasteiger partial charge is 0.508 e. The summed E-state index contributed by atoms with van der Waals surface area (Å²) in [6.07, 6.45) is 2.96. The number of allylic oxidation sites excluding steroid dienone is 1. The lowest BCUT2D eigenvalue weighted by molar-refractivity contribution is 0.475. The van der Waals surface area contributed by atoms with E-state index in [1.54, 1.807) is 36.4 Å². The van der Waals surface area contributed by atoms with Gasteiger partial charge in [-0.2, -0.15) is 0 Å². The molecule has 18 heavy (non-hydrogen) atoms. The Balaban J connectivity index is 0.000000357. The number of nitrogens with two attached hydrogens (primary N) is 1. The second-order valence-corrected chi connectivity index (χ2v) is 3.59. The molecule has 0 saturated heterocycles. The molecule has 0 spiro atoms. The summed E-state index contributed by atoms with van der Waals surface area (Å²) < 4.78 is 0. The van der Waals surface area contributed by atoms with Crippen molar-refractivity contribution in [1.82, 2.24) is 10.2 Å². The fraction of sp³-hybridized carbons (Fsp3) is 0.143. The number of nitrogens with zero attached hydrogens (tertiary/aromatic N) is 2. The summed E-state index contributed by atoms with van der Waals surface area (Å²) in [6, 6.07) is 10.2. The molecule has 0 radical (unpaired) electrons. The van der Waals surface area contributed by atoms with E-state index >= 15 is 0 Å². The van der Waals surface area contributed by atoms with Gasteiger partial charge >= 0.3 is 0 Å². The maximum absolute atomic E-state index is 9.09. The standard InChI is InChI=1S/C10H9N3O.C4H8/c11-10-6-5-9(12-13-10)7-1-3-8(14)4-2-7;1-3-4-2/h1-6,14H,(H2,11,13);3H,1,4H2,2H3. The molecule has 1 aromatic carbocycles. The summed E-state index contributed by atoms with van der Waals surface area (Å²) in [7, 11) is 0. The Morgan fingerprint density at radius 2 is 1.78 bits per heavy atom. The van der Waals surface area contributed by atoms with E-state index in [-0.39, 0.29) is 5.75 Å². The molecular formula is C14H17N3O. The van der Waals surface area contributed by atoms with Gasteiger partial charge < -0.3 is 10.8 Å². The molecule has 4 heteroatoms. The molecule has 0 fully saturated rings. The minimum absolute atomic E-state index is 0.233. The van der Waals surface area contributed by atoms with E-state index in [9.17, 15) is 0 Å². The van der Waals surface area contributed by atoms with Crippen molar-refractivity contribution in [1.29, 1.82) is 0 Å². The zero-order chi connectivity index (χ0) is 13.4. The van der Waals surface area contributed by atoms with Crippen LogP contribution in [0.2, 0.25) is 0 Å². The van der Waals surface area contributed by atoms with Gasteiger partial charge in [0.05, 0.1) is 5.69 Å². The molecule has 0 aliphatic rings. The van der Waals surface area contributed by atoms with Crippen LogP contribution in [0.4, 0.5) is 5.82 Å². The third-order valence-corrected chi connectivity index (χ3v) is 2.14. The maximum Gasteiger partial charge on any atom is 0.146 e. The Kier molecular flexibility index (Phi) is 5.38. The summed E-state index contributed by atoms with van der Waals surface area (Å²) in [5, 5.41) is 16.8. The Hall–Kier alpha value is -2.36. The van der Waals surface area contributed by atoms with Crippen molar-refractivity contribution >= 4 is 5.82 Å². The molecule has 2 aromatic rings. The fourth-order valence-electron chi connectivity index (χ4n) is 1.13. The topological polar surface area (TPSA) is 72.0 Å². The van der Waals surface area contributed by atoms with Gasteiger partial charge in [-0.25, -0.2) is 0 Å². The molecule has 0 saturated carbocycles. The number of benzene rings is 1. The quantitative estimate of drug-likeness (QED) is 0.795. The van der Waals surface area contributed by atoms with Gasteiger partial charge in [0.15, 0.2) is 0 Å². The van der Waals surface area contributed by atoms with E-state index in [1.807, 2.05) is 6.08 Å². The van der Waals surface area contributed by atoms with Crippen LogP contribution in [0.15, 0.2) is 49.1 Å². The molecule has 0 amide bonds. The van der Waals surface area contributed by atoms with Crippen LogP contribution in [0.25, 0.3) is 11.3 Å². The Morgan fingerprint density at radius 3 is 2.22 bits per heavy atom. The molecule has 1 heterocycles. The zero-order valence-electron chi connectivity index (χ0n) is 10.4. The lowest BCUT2D eigenvalue weighted by Crippen LogP contribution is -1.93. The van der Waals surface area contributed by atoms with Crippen LogP contribution in [0.1, 0.15) is 13.3 Å². The zero-order valence-corrected chi connectivity index (χ0v) is 10.4. The molecule has 0 unspecified atom stereocenters. The van der Waals surface area contributed by atoms with E-state index in [0.717, 1.165) is 17.7 Å². The predicted molar refractivity (Wildman–Crippen MR) is 74.0 cm³/mol. The summed E-state index contributed by atoms with van der Waals surface area (Å²) in [6.45, 7) is 5.54. The molecular weight excluding hydrogens is 226 g/mol. The second-order valence-electron chi connectivity index (χ2n) is 3.59. The van der Waals surface area contributed by atoms with Gasteiger partial charge in [0.1, 0.15) is 11.6 Å². The van der Waals surface area contributed by atoms with Crippen LogP contribution in [0, 0.1) is 0 Å². The molecule has 0 aliphatic carbocycles. The van der Waals surface area contributed by atoms with Crippen LogP contribution < -0.4 is 5.73 Å². The van der Waals surface area contributed by atoms with Gasteiger partial charge in [-0.05, 0) is 42.8 Å². The highest BCUT2D eigenvalue weighted by Crippen LogP contribution is 2.19. The number of rotatable bonds is 2. The van der Waals surface area contributed by atoms with Crippen molar-refractivity contribution in [3.63, 3.8) is 0 Å².